The maximum atomic E-state index is 4.42. The van der Waals surface area contributed by atoms with E-state index in [2.05, 4.69) is 47.5 Å². The SMILES string of the molecule is CC(c1ccccn1)n1cncc1CNC(C)(C)C. The number of aromatic nitrogens is 3. The molecule has 2 rings (SSSR count). The number of pyridine rings is 1. The average Bonchev–Trinajstić information content (AvgIpc) is 2.84. The fourth-order valence-electron chi connectivity index (χ4n) is 1.94. The molecule has 1 N–H and O–H groups in total. The summed E-state index contributed by atoms with van der Waals surface area (Å²) in [4.78, 5) is 8.68. The predicted molar refractivity (Wildman–Crippen MR) is 76.9 cm³/mol. The standard InChI is InChI=1S/C15H22N4/c1-12(14-7-5-6-8-17-14)19-11-16-9-13(19)10-18-15(2,3)4/h5-9,11-12,18H,10H2,1-4H3. The van der Waals surface area contributed by atoms with Gasteiger partial charge in [-0.05, 0) is 39.8 Å². The van der Waals surface area contributed by atoms with Crippen LogP contribution in [0.1, 0.15) is 45.1 Å². The van der Waals surface area contributed by atoms with Crippen molar-refractivity contribution in [3.8, 4) is 0 Å². The smallest absolute Gasteiger partial charge is 0.0954 e. The Morgan fingerprint density at radius 1 is 1.32 bits per heavy atom. The Morgan fingerprint density at radius 2 is 2.11 bits per heavy atom. The van der Waals surface area contributed by atoms with Crippen molar-refractivity contribution in [2.24, 2.45) is 0 Å². The van der Waals surface area contributed by atoms with Gasteiger partial charge in [-0.3, -0.25) is 4.98 Å². The highest BCUT2D eigenvalue weighted by atomic mass is 15.1. The molecule has 1 atom stereocenters. The lowest BCUT2D eigenvalue weighted by Crippen LogP contribution is -2.35. The summed E-state index contributed by atoms with van der Waals surface area (Å²) < 4.78 is 2.17. The molecule has 0 aliphatic rings. The molecule has 0 fully saturated rings. The maximum Gasteiger partial charge on any atom is 0.0954 e. The maximum absolute atomic E-state index is 4.42. The number of nitrogens with one attached hydrogen (secondary N) is 1. The van der Waals surface area contributed by atoms with E-state index in [0.29, 0.717) is 0 Å². The minimum absolute atomic E-state index is 0.101. The van der Waals surface area contributed by atoms with Crippen LogP contribution in [0.4, 0.5) is 0 Å². The first kappa shape index (κ1) is 13.7. The minimum Gasteiger partial charge on any atom is -0.325 e. The largest absolute Gasteiger partial charge is 0.325 e. The Hall–Kier alpha value is -1.68. The van der Waals surface area contributed by atoms with Crippen molar-refractivity contribution in [3.63, 3.8) is 0 Å². The highest BCUT2D eigenvalue weighted by molar-refractivity contribution is 5.12. The topological polar surface area (TPSA) is 42.7 Å². The van der Waals surface area contributed by atoms with Gasteiger partial charge in [0.05, 0.1) is 23.8 Å². The van der Waals surface area contributed by atoms with E-state index in [9.17, 15) is 0 Å². The van der Waals surface area contributed by atoms with E-state index < -0.39 is 0 Å². The molecule has 2 aromatic heterocycles. The highest BCUT2D eigenvalue weighted by Gasteiger charge is 2.14. The van der Waals surface area contributed by atoms with Crippen LogP contribution < -0.4 is 5.32 Å². The molecule has 4 nitrogen and oxygen atoms in total. The van der Waals surface area contributed by atoms with Crippen LogP contribution in [0.2, 0.25) is 0 Å². The van der Waals surface area contributed by atoms with Gasteiger partial charge in [0.2, 0.25) is 0 Å². The first-order valence-electron chi connectivity index (χ1n) is 6.64. The molecule has 19 heavy (non-hydrogen) atoms. The zero-order chi connectivity index (χ0) is 13.9. The number of rotatable bonds is 4. The van der Waals surface area contributed by atoms with Gasteiger partial charge in [0, 0.05) is 24.5 Å². The molecule has 102 valence electrons. The van der Waals surface area contributed by atoms with Gasteiger partial charge in [0.1, 0.15) is 0 Å². The molecule has 4 heteroatoms. The zero-order valence-corrected chi connectivity index (χ0v) is 12.1. The Bertz CT molecular complexity index is 510. The van der Waals surface area contributed by atoms with Crippen LogP contribution in [0.15, 0.2) is 36.9 Å². The molecule has 0 aliphatic heterocycles. The van der Waals surface area contributed by atoms with Gasteiger partial charge in [0.25, 0.3) is 0 Å². The van der Waals surface area contributed by atoms with Crippen LogP contribution in [0.5, 0.6) is 0 Å². The molecule has 0 bridgehead atoms. The van der Waals surface area contributed by atoms with E-state index in [1.807, 2.05) is 36.9 Å². The van der Waals surface area contributed by atoms with E-state index in [1.165, 1.54) is 5.69 Å². The summed E-state index contributed by atoms with van der Waals surface area (Å²) in [6, 6.07) is 6.20. The van der Waals surface area contributed by atoms with E-state index in [-0.39, 0.29) is 11.6 Å². The zero-order valence-electron chi connectivity index (χ0n) is 12.1. The van der Waals surface area contributed by atoms with Gasteiger partial charge in [-0.25, -0.2) is 4.98 Å². The summed E-state index contributed by atoms with van der Waals surface area (Å²) >= 11 is 0. The van der Waals surface area contributed by atoms with E-state index >= 15 is 0 Å². The van der Waals surface area contributed by atoms with Gasteiger partial charge in [-0.1, -0.05) is 6.07 Å². The molecule has 0 spiro atoms. The summed E-state index contributed by atoms with van der Waals surface area (Å²) in [6.45, 7) is 9.44. The number of nitrogens with zero attached hydrogens (tertiary/aromatic N) is 3. The quantitative estimate of drug-likeness (QED) is 0.917. The van der Waals surface area contributed by atoms with Crippen LogP contribution in [-0.4, -0.2) is 20.1 Å². The number of hydrogen-bond acceptors (Lipinski definition) is 3. The third kappa shape index (κ3) is 3.64. The molecule has 0 saturated heterocycles. The summed E-state index contributed by atoms with van der Waals surface area (Å²) in [5.41, 5.74) is 2.33. The predicted octanol–water partition coefficient (Wildman–Crippen LogP) is 2.78. The third-order valence-electron chi connectivity index (χ3n) is 3.08. The molecule has 2 aromatic rings. The first-order chi connectivity index (χ1) is 8.97. The number of imidazole rings is 1. The molecule has 0 aromatic carbocycles. The van der Waals surface area contributed by atoms with Crippen molar-refractivity contribution < 1.29 is 0 Å². The number of hydrogen-bond donors (Lipinski definition) is 1. The second-order valence-corrected chi connectivity index (χ2v) is 5.83. The average molecular weight is 258 g/mol. The molecular weight excluding hydrogens is 236 g/mol. The molecule has 2 heterocycles. The van der Waals surface area contributed by atoms with E-state index in [0.717, 1.165) is 12.2 Å². The summed E-state index contributed by atoms with van der Waals surface area (Å²) in [6.07, 6.45) is 5.62. The summed E-state index contributed by atoms with van der Waals surface area (Å²) in [7, 11) is 0. The first-order valence-corrected chi connectivity index (χ1v) is 6.64. The van der Waals surface area contributed by atoms with Gasteiger partial charge in [0.15, 0.2) is 0 Å². The Morgan fingerprint density at radius 3 is 2.74 bits per heavy atom. The second-order valence-electron chi connectivity index (χ2n) is 5.83. The highest BCUT2D eigenvalue weighted by Crippen LogP contribution is 2.17. The molecule has 1 unspecified atom stereocenters. The van der Waals surface area contributed by atoms with Crippen LogP contribution in [-0.2, 0) is 6.54 Å². The van der Waals surface area contributed by atoms with Crippen molar-refractivity contribution in [3.05, 3.63) is 48.3 Å². The molecule has 0 radical (unpaired) electrons. The lowest BCUT2D eigenvalue weighted by atomic mass is 10.1. The monoisotopic (exact) mass is 258 g/mol. The van der Waals surface area contributed by atoms with Gasteiger partial charge < -0.3 is 9.88 Å². The Balaban J connectivity index is 2.15. The second kappa shape index (κ2) is 5.53. The van der Waals surface area contributed by atoms with Crippen LogP contribution in [0, 0.1) is 0 Å². The van der Waals surface area contributed by atoms with Gasteiger partial charge in [-0.15, -0.1) is 0 Å². The fraction of sp³-hybridized carbons (Fsp3) is 0.467. The van der Waals surface area contributed by atoms with E-state index in [1.54, 1.807) is 0 Å². The van der Waals surface area contributed by atoms with Crippen LogP contribution in [0.25, 0.3) is 0 Å². The van der Waals surface area contributed by atoms with Crippen molar-refractivity contribution in [2.75, 3.05) is 0 Å². The molecule has 0 saturated carbocycles. The van der Waals surface area contributed by atoms with Crippen LogP contribution >= 0.6 is 0 Å². The lowest BCUT2D eigenvalue weighted by Gasteiger charge is -2.22. The molecule has 0 aliphatic carbocycles. The Labute approximate surface area is 114 Å². The van der Waals surface area contributed by atoms with Crippen molar-refractivity contribution >= 4 is 0 Å². The van der Waals surface area contributed by atoms with Crippen LogP contribution in [0.3, 0.4) is 0 Å². The summed E-state index contributed by atoms with van der Waals surface area (Å²) in [5.74, 6) is 0. The minimum atomic E-state index is 0.101. The lowest BCUT2D eigenvalue weighted by molar-refractivity contribution is 0.413. The molecular formula is C15H22N4. The van der Waals surface area contributed by atoms with Gasteiger partial charge >= 0.3 is 0 Å². The van der Waals surface area contributed by atoms with Crippen molar-refractivity contribution in [1.82, 2.24) is 19.9 Å². The normalized spacial score (nSPS) is 13.5. The van der Waals surface area contributed by atoms with Crippen molar-refractivity contribution in [2.45, 2.75) is 45.8 Å². The Kier molecular flexibility index (Phi) is 4.00. The molecule has 0 amide bonds. The van der Waals surface area contributed by atoms with Gasteiger partial charge in [-0.2, -0.15) is 0 Å². The third-order valence-corrected chi connectivity index (χ3v) is 3.08. The summed E-state index contributed by atoms with van der Waals surface area (Å²) in [5, 5.41) is 3.49. The van der Waals surface area contributed by atoms with Crippen molar-refractivity contribution in [1.29, 1.82) is 0 Å². The fourth-order valence-corrected chi connectivity index (χ4v) is 1.94. The van der Waals surface area contributed by atoms with E-state index in [4.69, 9.17) is 0 Å².